The molecule has 27 heavy (non-hydrogen) atoms. The van der Waals surface area contributed by atoms with Gasteiger partial charge in [-0.15, -0.1) is 5.10 Å². The van der Waals surface area contributed by atoms with Crippen molar-refractivity contribution < 1.29 is 9.84 Å². The van der Waals surface area contributed by atoms with E-state index < -0.39 is 5.60 Å². The van der Waals surface area contributed by atoms with Crippen LogP contribution in [0.25, 0.3) is 5.65 Å². The number of nitrogen functional groups attached to an aromatic ring is 1. The van der Waals surface area contributed by atoms with E-state index >= 15 is 0 Å². The number of rotatable bonds is 5. The molecule has 0 bridgehead atoms. The van der Waals surface area contributed by atoms with E-state index in [0.717, 1.165) is 50.9 Å². The highest BCUT2D eigenvalue weighted by molar-refractivity contribution is 5.60. The SMILES string of the molecule is CCC[C@H](C)Oc1nc(N)c2ncc(C3(O)C4CC5(CCNCC5)C43)n2n1. The lowest BCUT2D eigenvalue weighted by Crippen LogP contribution is -2.43. The summed E-state index contributed by atoms with van der Waals surface area (Å²) in [5.74, 6) is 0.879. The van der Waals surface area contributed by atoms with Crippen molar-refractivity contribution in [2.24, 2.45) is 17.3 Å². The van der Waals surface area contributed by atoms with Crippen molar-refractivity contribution in [2.45, 2.75) is 57.7 Å². The topological polar surface area (TPSA) is 111 Å². The number of imidazole rings is 1. The van der Waals surface area contributed by atoms with Crippen molar-refractivity contribution in [3.63, 3.8) is 0 Å². The maximum Gasteiger partial charge on any atom is 0.336 e. The highest BCUT2D eigenvalue weighted by atomic mass is 16.5. The minimum atomic E-state index is -0.857. The van der Waals surface area contributed by atoms with Crippen molar-refractivity contribution in [2.75, 3.05) is 18.8 Å². The summed E-state index contributed by atoms with van der Waals surface area (Å²) in [5.41, 5.74) is 6.72. The monoisotopic (exact) mass is 372 g/mol. The first-order valence-electron chi connectivity index (χ1n) is 10.1. The first kappa shape index (κ1) is 17.2. The van der Waals surface area contributed by atoms with Gasteiger partial charge in [0.2, 0.25) is 0 Å². The summed E-state index contributed by atoms with van der Waals surface area (Å²) in [7, 11) is 0. The average molecular weight is 372 g/mol. The number of nitrogens with two attached hydrogens (primary N) is 1. The zero-order chi connectivity index (χ0) is 18.8. The first-order chi connectivity index (χ1) is 13.0. The molecule has 4 atom stereocenters. The summed E-state index contributed by atoms with van der Waals surface area (Å²) in [6.45, 7) is 6.18. The summed E-state index contributed by atoms with van der Waals surface area (Å²) in [5, 5.41) is 19.5. The third kappa shape index (κ3) is 2.32. The third-order valence-corrected chi connectivity index (χ3v) is 7.00. The normalized spacial score (nSPS) is 32.1. The number of ether oxygens (including phenoxy) is 1. The summed E-state index contributed by atoms with van der Waals surface area (Å²) >= 11 is 0. The molecule has 0 amide bonds. The summed E-state index contributed by atoms with van der Waals surface area (Å²) < 4.78 is 7.50. The zero-order valence-corrected chi connectivity index (χ0v) is 16.0. The molecule has 3 unspecified atom stereocenters. The molecule has 1 aliphatic heterocycles. The molecule has 2 aromatic heterocycles. The minimum absolute atomic E-state index is 0.0111. The van der Waals surface area contributed by atoms with Gasteiger partial charge in [-0.3, -0.25) is 0 Å². The predicted octanol–water partition coefficient (Wildman–Crippen LogP) is 1.48. The number of nitrogens with one attached hydrogen (secondary N) is 1. The van der Waals surface area contributed by atoms with E-state index in [1.165, 1.54) is 0 Å². The Balaban J connectivity index is 1.49. The van der Waals surface area contributed by atoms with Crippen LogP contribution in [0.4, 0.5) is 5.82 Å². The molecule has 0 radical (unpaired) electrons. The van der Waals surface area contributed by atoms with Crippen LogP contribution in [0.5, 0.6) is 6.01 Å². The Morgan fingerprint density at radius 2 is 2.22 bits per heavy atom. The fourth-order valence-corrected chi connectivity index (χ4v) is 5.66. The van der Waals surface area contributed by atoms with Gasteiger partial charge >= 0.3 is 6.01 Å². The highest BCUT2D eigenvalue weighted by Gasteiger charge is 2.80. The predicted molar refractivity (Wildman–Crippen MR) is 100 cm³/mol. The minimum Gasteiger partial charge on any atom is -0.459 e. The van der Waals surface area contributed by atoms with Crippen LogP contribution in [0.3, 0.4) is 0 Å². The molecule has 1 saturated heterocycles. The Hall–Kier alpha value is -1.93. The lowest BCUT2D eigenvalue weighted by atomic mass is 9.63. The average Bonchev–Trinajstić information content (AvgIpc) is 2.93. The maximum atomic E-state index is 11.5. The van der Waals surface area contributed by atoms with Gasteiger partial charge in [0.1, 0.15) is 5.60 Å². The van der Waals surface area contributed by atoms with E-state index in [1.54, 1.807) is 10.7 Å². The number of fused-ring (bicyclic) bond motifs is 3. The van der Waals surface area contributed by atoms with Crippen LogP contribution in [0, 0.1) is 17.3 Å². The Kier molecular flexibility index (Phi) is 3.68. The summed E-state index contributed by atoms with van der Waals surface area (Å²) in [6.07, 6.45) is 7.02. The van der Waals surface area contributed by atoms with Gasteiger partial charge in [-0.05, 0) is 51.1 Å². The molecule has 2 aromatic rings. The first-order valence-corrected chi connectivity index (χ1v) is 10.1. The fraction of sp³-hybridized carbons (Fsp3) is 0.737. The molecule has 4 N–H and O–H groups in total. The van der Waals surface area contributed by atoms with E-state index in [4.69, 9.17) is 10.5 Å². The van der Waals surface area contributed by atoms with Gasteiger partial charge in [0.05, 0.1) is 18.0 Å². The fourth-order valence-electron chi connectivity index (χ4n) is 5.66. The van der Waals surface area contributed by atoms with Gasteiger partial charge < -0.3 is 20.9 Å². The van der Waals surface area contributed by atoms with Crippen LogP contribution in [0.1, 0.15) is 51.6 Å². The summed E-state index contributed by atoms with van der Waals surface area (Å²) in [6, 6.07) is 0.244. The van der Waals surface area contributed by atoms with Crippen LogP contribution in [0.2, 0.25) is 0 Å². The van der Waals surface area contributed by atoms with Gasteiger partial charge in [0, 0.05) is 11.8 Å². The Bertz CT molecular complexity index is 876. The van der Waals surface area contributed by atoms with Gasteiger partial charge in [-0.1, -0.05) is 13.3 Å². The molecule has 146 valence electrons. The van der Waals surface area contributed by atoms with Gasteiger partial charge in [-0.2, -0.15) is 4.98 Å². The number of hydrogen-bond donors (Lipinski definition) is 3. The van der Waals surface area contributed by atoms with Crippen LogP contribution >= 0.6 is 0 Å². The van der Waals surface area contributed by atoms with E-state index in [2.05, 4.69) is 27.3 Å². The van der Waals surface area contributed by atoms with Crippen LogP contribution in [-0.4, -0.2) is 43.9 Å². The number of hydrogen-bond acceptors (Lipinski definition) is 7. The molecule has 3 fully saturated rings. The Labute approximate surface area is 158 Å². The molecule has 8 nitrogen and oxygen atoms in total. The van der Waals surface area contributed by atoms with Crippen molar-refractivity contribution in [3.8, 4) is 6.01 Å². The maximum absolute atomic E-state index is 11.5. The molecule has 3 aliphatic rings. The Morgan fingerprint density at radius 1 is 1.44 bits per heavy atom. The molecule has 2 aliphatic carbocycles. The number of anilines is 1. The molecular weight excluding hydrogens is 344 g/mol. The molecular formula is C19H28N6O2. The molecule has 1 spiro atoms. The number of aromatic nitrogens is 4. The molecule has 3 heterocycles. The molecule has 8 heteroatoms. The van der Waals surface area contributed by atoms with Crippen molar-refractivity contribution in [1.29, 1.82) is 0 Å². The zero-order valence-electron chi connectivity index (χ0n) is 16.0. The Morgan fingerprint density at radius 3 is 2.96 bits per heavy atom. The van der Waals surface area contributed by atoms with Crippen molar-refractivity contribution in [3.05, 3.63) is 11.9 Å². The molecule has 0 aromatic carbocycles. The number of piperidine rings is 1. The second kappa shape index (κ2) is 5.78. The van der Waals surface area contributed by atoms with Crippen molar-refractivity contribution >= 4 is 11.5 Å². The second-order valence-electron chi connectivity index (χ2n) is 8.60. The second-order valence-corrected chi connectivity index (χ2v) is 8.60. The van der Waals surface area contributed by atoms with Crippen LogP contribution < -0.4 is 15.8 Å². The van der Waals surface area contributed by atoms with Crippen LogP contribution in [0.15, 0.2) is 6.20 Å². The lowest BCUT2D eigenvalue weighted by molar-refractivity contribution is 0.0528. The van der Waals surface area contributed by atoms with Gasteiger partial charge in [0.15, 0.2) is 11.5 Å². The summed E-state index contributed by atoms with van der Waals surface area (Å²) in [4.78, 5) is 8.64. The van der Waals surface area contributed by atoms with Crippen molar-refractivity contribution in [1.82, 2.24) is 24.9 Å². The lowest BCUT2D eigenvalue weighted by Gasteiger charge is -2.44. The highest BCUT2D eigenvalue weighted by Crippen LogP contribution is 2.79. The quantitative estimate of drug-likeness (QED) is 0.729. The van der Waals surface area contributed by atoms with Crippen LogP contribution in [-0.2, 0) is 5.60 Å². The third-order valence-electron chi connectivity index (χ3n) is 7.00. The van der Waals surface area contributed by atoms with E-state index in [-0.39, 0.29) is 23.3 Å². The standard InChI is InChI=1S/C19H28N6O2/c1-3-4-11(2)27-17-23-15(20)16-22-10-13(25(16)24-17)19(26)12-9-18(14(12)19)5-7-21-8-6-18/h10-12,14,21,26H,3-9H2,1-2H3,(H2,20,23,24)/t11-,12?,14?,19?/m0/s1. The molecule has 5 rings (SSSR count). The molecule has 2 saturated carbocycles. The number of nitrogens with zero attached hydrogens (tertiary/aromatic N) is 4. The van der Waals surface area contributed by atoms with E-state index in [9.17, 15) is 5.11 Å². The smallest absolute Gasteiger partial charge is 0.336 e. The van der Waals surface area contributed by atoms with Gasteiger partial charge in [0.25, 0.3) is 0 Å². The van der Waals surface area contributed by atoms with Gasteiger partial charge in [-0.25, -0.2) is 9.50 Å². The van der Waals surface area contributed by atoms with E-state index in [0.29, 0.717) is 17.5 Å². The van der Waals surface area contributed by atoms with E-state index in [1.807, 2.05) is 6.92 Å². The largest absolute Gasteiger partial charge is 0.459 e. The number of aliphatic hydroxyl groups is 1.